The van der Waals surface area contributed by atoms with Crippen LogP contribution < -0.4 is 0 Å². The zero-order valence-electron chi connectivity index (χ0n) is 6.69. The van der Waals surface area contributed by atoms with Crippen molar-refractivity contribution in [3.8, 4) is 0 Å². The third kappa shape index (κ3) is 1.27. The van der Waals surface area contributed by atoms with Crippen LogP contribution in [-0.2, 0) is 4.74 Å². The molecule has 4 heteroatoms. The van der Waals surface area contributed by atoms with Crippen LogP contribution >= 0.6 is 0 Å². The number of aliphatic hydroxyl groups is 3. The Labute approximate surface area is 65.4 Å². The molecule has 3 N–H and O–H groups in total. The van der Waals surface area contributed by atoms with Crippen molar-refractivity contribution in [3.63, 3.8) is 0 Å². The topological polar surface area (TPSA) is 69.9 Å². The predicted molar refractivity (Wildman–Crippen MR) is 37.8 cm³/mol. The molecule has 1 aliphatic rings. The van der Waals surface area contributed by atoms with Gasteiger partial charge in [0, 0.05) is 0 Å². The largest absolute Gasteiger partial charge is 0.385 e. The molecule has 0 radical (unpaired) electrons. The van der Waals surface area contributed by atoms with Crippen LogP contribution in [-0.4, -0.2) is 39.4 Å². The van der Waals surface area contributed by atoms with Crippen LogP contribution in [0.4, 0.5) is 0 Å². The van der Waals surface area contributed by atoms with Gasteiger partial charge in [-0.05, 0) is 13.3 Å². The standard InChI is InChI=1S/C7H14O4/c1-3-4-7(2,10)5(8)6(9)11-4/h4-6,8-10H,3H2,1-2H3/t4-,5+,6+,7-/m1/s1. The molecule has 0 aromatic rings. The maximum atomic E-state index is 9.56. The number of hydrogen-bond acceptors (Lipinski definition) is 4. The van der Waals surface area contributed by atoms with Crippen molar-refractivity contribution in [2.45, 2.75) is 44.4 Å². The summed E-state index contributed by atoms with van der Waals surface area (Å²) >= 11 is 0. The van der Waals surface area contributed by atoms with E-state index < -0.39 is 24.1 Å². The lowest BCUT2D eigenvalue weighted by Gasteiger charge is -2.24. The van der Waals surface area contributed by atoms with Crippen LogP contribution in [0.25, 0.3) is 0 Å². The summed E-state index contributed by atoms with van der Waals surface area (Å²) in [6, 6.07) is 0. The summed E-state index contributed by atoms with van der Waals surface area (Å²) in [5.41, 5.74) is -1.33. The van der Waals surface area contributed by atoms with Gasteiger partial charge in [0.2, 0.25) is 0 Å². The normalized spacial score (nSPS) is 51.5. The summed E-state index contributed by atoms with van der Waals surface area (Å²) in [7, 11) is 0. The monoisotopic (exact) mass is 162 g/mol. The zero-order chi connectivity index (χ0) is 8.65. The van der Waals surface area contributed by atoms with Crippen LogP contribution in [0.5, 0.6) is 0 Å². The molecule has 0 saturated carbocycles. The highest BCUT2D eigenvalue weighted by Crippen LogP contribution is 2.31. The van der Waals surface area contributed by atoms with Gasteiger partial charge in [0.1, 0.15) is 11.7 Å². The van der Waals surface area contributed by atoms with E-state index in [1.165, 1.54) is 6.92 Å². The summed E-state index contributed by atoms with van der Waals surface area (Å²) in [6.45, 7) is 3.28. The predicted octanol–water partition coefficient (Wildman–Crippen LogP) is -0.774. The highest BCUT2D eigenvalue weighted by atomic mass is 16.6. The van der Waals surface area contributed by atoms with Gasteiger partial charge in [-0.2, -0.15) is 0 Å². The summed E-state index contributed by atoms with van der Waals surface area (Å²) in [6.07, 6.45) is -2.36. The van der Waals surface area contributed by atoms with Crippen molar-refractivity contribution in [1.29, 1.82) is 0 Å². The molecule has 0 unspecified atom stereocenters. The Morgan fingerprint density at radius 2 is 2.00 bits per heavy atom. The van der Waals surface area contributed by atoms with E-state index in [9.17, 15) is 10.2 Å². The number of hydrogen-bond donors (Lipinski definition) is 3. The van der Waals surface area contributed by atoms with Crippen LogP contribution in [0.15, 0.2) is 0 Å². The van der Waals surface area contributed by atoms with Crippen molar-refractivity contribution >= 4 is 0 Å². The fourth-order valence-corrected chi connectivity index (χ4v) is 1.37. The fraction of sp³-hybridized carbons (Fsp3) is 1.00. The first-order valence-corrected chi connectivity index (χ1v) is 3.74. The molecule has 4 nitrogen and oxygen atoms in total. The molecular weight excluding hydrogens is 148 g/mol. The Hall–Kier alpha value is -0.160. The maximum absolute atomic E-state index is 9.56. The van der Waals surface area contributed by atoms with Gasteiger partial charge in [-0.3, -0.25) is 0 Å². The smallest absolute Gasteiger partial charge is 0.184 e. The summed E-state index contributed by atoms with van der Waals surface area (Å²) in [5.74, 6) is 0. The molecule has 0 aromatic carbocycles. The highest BCUT2D eigenvalue weighted by Gasteiger charge is 2.50. The van der Waals surface area contributed by atoms with E-state index in [1.54, 1.807) is 0 Å². The summed E-state index contributed by atoms with van der Waals surface area (Å²) in [4.78, 5) is 0. The first kappa shape index (κ1) is 8.93. The molecule has 1 rings (SSSR count). The van der Waals surface area contributed by atoms with E-state index >= 15 is 0 Å². The second kappa shape index (κ2) is 2.71. The van der Waals surface area contributed by atoms with Gasteiger partial charge in [0.25, 0.3) is 0 Å². The Morgan fingerprint density at radius 1 is 1.45 bits per heavy atom. The quantitative estimate of drug-likeness (QED) is 0.473. The van der Waals surface area contributed by atoms with Crippen LogP contribution in [0.3, 0.4) is 0 Å². The first-order chi connectivity index (χ1) is 5.00. The molecule has 0 aromatic heterocycles. The van der Waals surface area contributed by atoms with E-state index in [0.29, 0.717) is 6.42 Å². The Kier molecular flexibility index (Phi) is 2.20. The number of rotatable bonds is 1. The van der Waals surface area contributed by atoms with Gasteiger partial charge in [0.05, 0.1) is 6.10 Å². The summed E-state index contributed by atoms with van der Waals surface area (Å²) < 4.78 is 4.89. The minimum Gasteiger partial charge on any atom is -0.385 e. The van der Waals surface area contributed by atoms with Gasteiger partial charge >= 0.3 is 0 Å². The molecule has 0 aliphatic carbocycles. The maximum Gasteiger partial charge on any atom is 0.184 e. The molecule has 0 bridgehead atoms. The molecule has 1 heterocycles. The van der Waals surface area contributed by atoms with Crippen molar-refractivity contribution in [2.24, 2.45) is 0 Å². The molecular formula is C7H14O4. The van der Waals surface area contributed by atoms with E-state index in [0.717, 1.165) is 0 Å². The lowest BCUT2D eigenvalue weighted by Crippen LogP contribution is -2.45. The van der Waals surface area contributed by atoms with Crippen LogP contribution in [0.1, 0.15) is 20.3 Å². The highest BCUT2D eigenvalue weighted by molar-refractivity contribution is 4.96. The van der Waals surface area contributed by atoms with Gasteiger partial charge in [-0.15, -0.1) is 0 Å². The third-order valence-corrected chi connectivity index (χ3v) is 2.20. The van der Waals surface area contributed by atoms with Crippen LogP contribution in [0, 0.1) is 0 Å². The van der Waals surface area contributed by atoms with E-state index in [1.807, 2.05) is 6.92 Å². The zero-order valence-corrected chi connectivity index (χ0v) is 6.69. The van der Waals surface area contributed by atoms with Crippen molar-refractivity contribution < 1.29 is 20.1 Å². The van der Waals surface area contributed by atoms with Crippen molar-refractivity contribution in [3.05, 3.63) is 0 Å². The second-order valence-corrected chi connectivity index (χ2v) is 3.09. The average molecular weight is 162 g/mol. The molecule has 1 aliphatic heterocycles. The van der Waals surface area contributed by atoms with Gasteiger partial charge in [-0.25, -0.2) is 0 Å². The third-order valence-electron chi connectivity index (χ3n) is 2.20. The van der Waals surface area contributed by atoms with Gasteiger partial charge in [-0.1, -0.05) is 6.92 Å². The number of aliphatic hydroxyl groups excluding tert-OH is 2. The molecule has 1 fully saturated rings. The molecule has 66 valence electrons. The number of ether oxygens (including phenoxy) is 1. The molecule has 1 saturated heterocycles. The summed E-state index contributed by atoms with van der Waals surface area (Å²) in [5, 5.41) is 27.8. The minimum atomic E-state index is -1.33. The lowest BCUT2D eigenvalue weighted by atomic mass is 9.94. The van der Waals surface area contributed by atoms with Gasteiger partial charge < -0.3 is 20.1 Å². The minimum absolute atomic E-state index is 0.479. The van der Waals surface area contributed by atoms with Crippen molar-refractivity contribution in [2.75, 3.05) is 0 Å². The first-order valence-electron chi connectivity index (χ1n) is 3.74. The molecule has 4 atom stereocenters. The van der Waals surface area contributed by atoms with E-state index in [-0.39, 0.29) is 0 Å². The average Bonchev–Trinajstić information content (AvgIpc) is 2.13. The Balaban J connectivity index is 2.74. The van der Waals surface area contributed by atoms with Crippen LogP contribution in [0.2, 0.25) is 0 Å². The fourth-order valence-electron chi connectivity index (χ4n) is 1.37. The van der Waals surface area contributed by atoms with Gasteiger partial charge in [0.15, 0.2) is 6.29 Å². The molecule has 11 heavy (non-hydrogen) atoms. The SMILES string of the molecule is CC[C@H]1O[C@H](O)[C@H](O)[C@]1(C)O. The Morgan fingerprint density at radius 3 is 2.18 bits per heavy atom. The van der Waals surface area contributed by atoms with Crippen molar-refractivity contribution in [1.82, 2.24) is 0 Å². The lowest BCUT2D eigenvalue weighted by molar-refractivity contribution is -0.127. The molecule has 0 spiro atoms. The second-order valence-electron chi connectivity index (χ2n) is 3.09. The van der Waals surface area contributed by atoms with E-state index in [4.69, 9.17) is 9.84 Å². The Bertz CT molecular complexity index is 145. The molecule has 0 amide bonds. The van der Waals surface area contributed by atoms with E-state index in [2.05, 4.69) is 0 Å².